The highest BCUT2D eigenvalue weighted by Gasteiger charge is 2.07. The molecule has 0 fully saturated rings. The maximum absolute atomic E-state index is 8.94. The molecule has 18 heavy (non-hydrogen) atoms. The van der Waals surface area contributed by atoms with Crippen LogP contribution in [0, 0.1) is 11.3 Å². The first-order chi connectivity index (χ1) is 8.81. The van der Waals surface area contributed by atoms with Gasteiger partial charge in [0, 0.05) is 18.8 Å². The standard InChI is InChI=1S/C14H14N4/c15-9-12-7-4-8-17-14(12)18-10-13(16)11-5-2-1-3-6-11/h1-8,13H,10,16H2,(H,17,18). The number of anilines is 1. The Balaban J connectivity index is 2.02. The maximum atomic E-state index is 8.94. The van der Waals surface area contributed by atoms with Crippen LogP contribution in [0.3, 0.4) is 0 Å². The highest BCUT2D eigenvalue weighted by atomic mass is 15.0. The van der Waals surface area contributed by atoms with Gasteiger partial charge in [-0.2, -0.15) is 5.26 Å². The Morgan fingerprint density at radius 1 is 1.22 bits per heavy atom. The molecule has 90 valence electrons. The minimum Gasteiger partial charge on any atom is -0.367 e. The van der Waals surface area contributed by atoms with Crippen LogP contribution in [0.2, 0.25) is 0 Å². The minimum absolute atomic E-state index is 0.125. The number of hydrogen-bond acceptors (Lipinski definition) is 4. The molecule has 1 unspecified atom stereocenters. The number of hydrogen-bond donors (Lipinski definition) is 2. The molecular formula is C14H14N4. The Bertz CT molecular complexity index is 545. The molecule has 0 radical (unpaired) electrons. The molecule has 3 N–H and O–H groups in total. The largest absolute Gasteiger partial charge is 0.367 e. The van der Waals surface area contributed by atoms with Crippen LogP contribution in [0.5, 0.6) is 0 Å². The molecule has 0 aliphatic rings. The van der Waals surface area contributed by atoms with E-state index in [0.717, 1.165) is 5.56 Å². The molecular weight excluding hydrogens is 224 g/mol. The Kier molecular flexibility index (Phi) is 3.90. The SMILES string of the molecule is N#Cc1cccnc1NCC(N)c1ccccc1. The van der Waals surface area contributed by atoms with E-state index >= 15 is 0 Å². The lowest BCUT2D eigenvalue weighted by atomic mass is 10.1. The van der Waals surface area contributed by atoms with Crippen molar-refractivity contribution in [2.24, 2.45) is 5.73 Å². The summed E-state index contributed by atoms with van der Waals surface area (Å²) in [4.78, 5) is 4.13. The molecule has 0 saturated carbocycles. The van der Waals surface area contributed by atoms with Crippen molar-refractivity contribution in [3.8, 4) is 6.07 Å². The van der Waals surface area contributed by atoms with Crippen molar-refractivity contribution in [3.63, 3.8) is 0 Å². The summed E-state index contributed by atoms with van der Waals surface area (Å²) in [5.41, 5.74) is 7.64. The van der Waals surface area contributed by atoms with E-state index in [2.05, 4.69) is 16.4 Å². The molecule has 1 heterocycles. The van der Waals surface area contributed by atoms with Crippen LogP contribution >= 0.6 is 0 Å². The summed E-state index contributed by atoms with van der Waals surface area (Å²) in [6, 6.07) is 15.3. The molecule has 0 amide bonds. The lowest BCUT2D eigenvalue weighted by Crippen LogP contribution is -2.21. The smallest absolute Gasteiger partial charge is 0.143 e. The molecule has 0 saturated heterocycles. The molecule has 1 aromatic heterocycles. The average Bonchev–Trinajstić information content (AvgIpc) is 2.46. The summed E-state index contributed by atoms with van der Waals surface area (Å²) in [6.07, 6.45) is 1.65. The van der Waals surface area contributed by atoms with Gasteiger partial charge in [0.05, 0.1) is 5.56 Å². The Hall–Kier alpha value is -2.38. The van der Waals surface area contributed by atoms with Crippen LogP contribution in [0.1, 0.15) is 17.2 Å². The lowest BCUT2D eigenvalue weighted by molar-refractivity contribution is 0.761. The normalized spacial score (nSPS) is 11.6. The van der Waals surface area contributed by atoms with Crippen LogP contribution in [-0.4, -0.2) is 11.5 Å². The number of pyridine rings is 1. The third kappa shape index (κ3) is 2.84. The lowest BCUT2D eigenvalue weighted by Gasteiger charge is -2.13. The first kappa shape index (κ1) is 12.1. The molecule has 0 aliphatic carbocycles. The number of nitrogens with one attached hydrogen (secondary N) is 1. The van der Waals surface area contributed by atoms with Crippen LogP contribution in [-0.2, 0) is 0 Å². The van der Waals surface area contributed by atoms with Crippen molar-refractivity contribution in [1.29, 1.82) is 5.26 Å². The molecule has 4 nitrogen and oxygen atoms in total. The summed E-state index contributed by atoms with van der Waals surface area (Å²) in [5, 5.41) is 12.0. The number of nitrogens with two attached hydrogens (primary N) is 1. The van der Waals surface area contributed by atoms with E-state index in [4.69, 9.17) is 11.0 Å². The molecule has 2 aromatic rings. The predicted molar refractivity (Wildman–Crippen MR) is 70.8 cm³/mol. The van der Waals surface area contributed by atoms with Gasteiger partial charge in [-0.15, -0.1) is 0 Å². The van der Waals surface area contributed by atoms with Crippen molar-refractivity contribution in [3.05, 3.63) is 59.8 Å². The van der Waals surface area contributed by atoms with Crippen molar-refractivity contribution in [2.45, 2.75) is 6.04 Å². The molecule has 0 spiro atoms. The highest BCUT2D eigenvalue weighted by Crippen LogP contribution is 2.13. The average molecular weight is 238 g/mol. The number of benzene rings is 1. The van der Waals surface area contributed by atoms with E-state index in [1.165, 1.54) is 0 Å². The monoisotopic (exact) mass is 238 g/mol. The molecule has 4 heteroatoms. The van der Waals surface area contributed by atoms with Crippen LogP contribution in [0.4, 0.5) is 5.82 Å². The van der Waals surface area contributed by atoms with Crippen molar-refractivity contribution in [2.75, 3.05) is 11.9 Å². The van der Waals surface area contributed by atoms with Gasteiger partial charge >= 0.3 is 0 Å². The second-order valence-corrected chi connectivity index (χ2v) is 3.91. The fourth-order valence-corrected chi connectivity index (χ4v) is 1.66. The fraction of sp³-hybridized carbons (Fsp3) is 0.143. The van der Waals surface area contributed by atoms with Crippen LogP contribution in [0.25, 0.3) is 0 Å². The van der Waals surface area contributed by atoms with E-state index in [1.807, 2.05) is 30.3 Å². The van der Waals surface area contributed by atoms with Gasteiger partial charge in [-0.1, -0.05) is 30.3 Å². The maximum Gasteiger partial charge on any atom is 0.143 e. The summed E-state index contributed by atoms with van der Waals surface area (Å²) in [7, 11) is 0. The summed E-state index contributed by atoms with van der Waals surface area (Å²) in [6.45, 7) is 0.537. The quantitative estimate of drug-likeness (QED) is 0.855. The van der Waals surface area contributed by atoms with E-state index in [0.29, 0.717) is 17.9 Å². The van der Waals surface area contributed by atoms with E-state index in [9.17, 15) is 0 Å². The van der Waals surface area contributed by atoms with Gasteiger partial charge in [-0.25, -0.2) is 4.98 Å². The van der Waals surface area contributed by atoms with Gasteiger partial charge in [0.2, 0.25) is 0 Å². The van der Waals surface area contributed by atoms with Gasteiger partial charge < -0.3 is 11.1 Å². The van der Waals surface area contributed by atoms with Gasteiger partial charge in [0.15, 0.2) is 0 Å². The zero-order chi connectivity index (χ0) is 12.8. The highest BCUT2D eigenvalue weighted by molar-refractivity contribution is 5.51. The van der Waals surface area contributed by atoms with Crippen molar-refractivity contribution < 1.29 is 0 Å². The van der Waals surface area contributed by atoms with Crippen LogP contribution in [0.15, 0.2) is 48.7 Å². The number of nitrogens with zero attached hydrogens (tertiary/aromatic N) is 2. The second-order valence-electron chi connectivity index (χ2n) is 3.91. The summed E-state index contributed by atoms with van der Waals surface area (Å²) in [5.74, 6) is 0.575. The van der Waals surface area contributed by atoms with Gasteiger partial charge in [0.1, 0.15) is 11.9 Å². The third-order valence-corrected chi connectivity index (χ3v) is 2.65. The molecule has 1 aromatic carbocycles. The van der Waals surface area contributed by atoms with Crippen molar-refractivity contribution >= 4 is 5.82 Å². The van der Waals surface area contributed by atoms with Crippen LogP contribution < -0.4 is 11.1 Å². The van der Waals surface area contributed by atoms with E-state index in [-0.39, 0.29) is 6.04 Å². The molecule has 0 bridgehead atoms. The molecule has 1 atom stereocenters. The zero-order valence-electron chi connectivity index (χ0n) is 9.88. The Morgan fingerprint density at radius 2 is 2.00 bits per heavy atom. The van der Waals surface area contributed by atoms with E-state index in [1.54, 1.807) is 18.3 Å². The summed E-state index contributed by atoms with van der Waals surface area (Å²) >= 11 is 0. The third-order valence-electron chi connectivity index (χ3n) is 2.65. The predicted octanol–water partition coefficient (Wildman–Crippen LogP) is 2.07. The van der Waals surface area contributed by atoms with E-state index < -0.39 is 0 Å². The van der Waals surface area contributed by atoms with Crippen molar-refractivity contribution in [1.82, 2.24) is 4.98 Å². The van der Waals surface area contributed by atoms with Gasteiger partial charge in [-0.3, -0.25) is 0 Å². The first-order valence-electron chi connectivity index (χ1n) is 5.71. The number of rotatable bonds is 4. The van der Waals surface area contributed by atoms with Gasteiger partial charge in [0.25, 0.3) is 0 Å². The zero-order valence-corrected chi connectivity index (χ0v) is 9.88. The molecule has 0 aliphatic heterocycles. The topological polar surface area (TPSA) is 74.7 Å². The minimum atomic E-state index is -0.125. The number of nitriles is 1. The first-order valence-corrected chi connectivity index (χ1v) is 5.71. The van der Waals surface area contributed by atoms with Gasteiger partial charge in [-0.05, 0) is 17.7 Å². The fourth-order valence-electron chi connectivity index (χ4n) is 1.66. The number of aromatic nitrogens is 1. The Morgan fingerprint density at radius 3 is 2.72 bits per heavy atom. The second kappa shape index (κ2) is 5.80. The molecule has 2 rings (SSSR count). The summed E-state index contributed by atoms with van der Waals surface area (Å²) < 4.78 is 0. The Labute approximate surface area is 106 Å².